The van der Waals surface area contributed by atoms with Crippen LogP contribution in [-0.4, -0.2) is 88.0 Å². The molecule has 38 heavy (non-hydrogen) atoms. The van der Waals surface area contributed by atoms with E-state index in [1.807, 2.05) is 39.9 Å². The molecule has 2 aromatic heterocycles. The van der Waals surface area contributed by atoms with E-state index in [9.17, 15) is 4.79 Å². The van der Waals surface area contributed by atoms with Gasteiger partial charge in [-0.15, -0.1) is 0 Å². The molecule has 0 atom stereocenters. The SMILES string of the molecule is CC(C)c1nccn1-c1nc(-c2ccc(Cl)cc2)c(CCC(=O)N2CCN(CC3CCN(C)CC3)CC2)o1. The van der Waals surface area contributed by atoms with Gasteiger partial charge in [0.25, 0.3) is 0 Å². The Morgan fingerprint density at radius 3 is 2.47 bits per heavy atom. The van der Waals surface area contributed by atoms with Crippen LogP contribution in [0.5, 0.6) is 0 Å². The monoisotopic (exact) mass is 538 g/mol. The first-order valence-electron chi connectivity index (χ1n) is 13.9. The van der Waals surface area contributed by atoms with Gasteiger partial charge in [-0.25, -0.2) is 4.98 Å². The minimum absolute atomic E-state index is 0.175. The van der Waals surface area contributed by atoms with Crippen molar-refractivity contribution in [3.05, 3.63) is 53.3 Å². The van der Waals surface area contributed by atoms with Gasteiger partial charge in [0.05, 0.1) is 0 Å². The number of nitrogens with zero attached hydrogens (tertiary/aromatic N) is 6. The number of rotatable bonds is 8. The summed E-state index contributed by atoms with van der Waals surface area (Å²) in [6.07, 6.45) is 7.07. The molecule has 8 nitrogen and oxygen atoms in total. The third kappa shape index (κ3) is 6.30. The van der Waals surface area contributed by atoms with E-state index in [4.69, 9.17) is 21.0 Å². The molecule has 1 aromatic carbocycles. The van der Waals surface area contributed by atoms with E-state index in [0.29, 0.717) is 29.6 Å². The van der Waals surface area contributed by atoms with Gasteiger partial charge in [-0.1, -0.05) is 37.6 Å². The maximum absolute atomic E-state index is 13.2. The molecule has 9 heteroatoms. The first-order valence-corrected chi connectivity index (χ1v) is 14.2. The Hall–Kier alpha value is -2.68. The summed E-state index contributed by atoms with van der Waals surface area (Å²) in [5.74, 6) is 2.77. The zero-order chi connectivity index (χ0) is 26.6. The van der Waals surface area contributed by atoms with Gasteiger partial charge in [-0.05, 0) is 51.0 Å². The molecular weight excluding hydrogens is 500 g/mol. The summed E-state index contributed by atoms with van der Waals surface area (Å²) in [5, 5.41) is 0.667. The Kier molecular flexibility index (Phi) is 8.51. The van der Waals surface area contributed by atoms with Crippen molar-refractivity contribution >= 4 is 17.5 Å². The number of carbonyl (C=O) groups excluding carboxylic acids is 1. The van der Waals surface area contributed by atoms with Crippen LogP contribution in [-0.2, 0) is 11.2 Å². The molecule has 3 aromatic rings. The van der Waals surface area contributed by atoms with Crippen molar-refractivity contribution in [3.63, 3.8) is 0 Å². The second-order valence-corrected chi connectivity index (χ2v) is 11.4. The maximum atomic E-state index is 13.2. The topological polar surface area (TPSA) is 70.6 Å². The molecule has 204 valence electrons. The number of imidazole rings is 1. The Morgan fingerprint density at radius 2 is 1.79 bits per heavy atom. The number of oxazole rings is 1. The Balaban J connectivity index is 1.23. The van der Waals surface area contributed by atoms with Crippen LogP contribution in [0.4, 0.5) is 0 Å². The fraction of sp³-hybridized carbons (Fsp3) is 0.552. The number of piperazine rings is 1. The van der Waals surface area contributed by atoms with Gasteiger partial charge in [0.15, 0.2) is 0 Å². The first-order chi connectivity index (χ1) is 18.4. The van der Waals surface area contributed by atoms with Crippen molar-refractivity contribution in [3.8, 4) is 17.3 Å². The van der Waals surface area contributed by atoms with E-state index < -0.39 is 0 Å². The molecule has 5 rings (SSSR count). The summed E-state index contributed by atoms with van der Waals surface area (Å²) in [6, 6.07) is 8.05. The van der Waals surface area contributed by atoms with Gasteiger partial charge < -0.3 is 14.2 Å². The second-order valence-electron chi connectivity index (χ2n) is 11.0. The van der Waals surface area contributed by atoms with Crippen molar-refractivity contribution in [2.45, 2.75) is 45.4 Å². The number of hydrogen-bond acceptors (Lipinski definition) is 6. The van der Waals surface area contributed by atoms with Crippen LogP contribution >= 0.6 is 11.6 Å². The van der Waals surface area contributed by atoms with E-state index in [-0.39, 0.29) is 11.8 Å². The standard InChI is InChI=1S/C29H39ClN6O2/c1-21(2)28-31-12-15-36(28)29-32-27(23-4-6-24(30)7-5-23)25(38-29)8-9-26(37)35-18-16-34(17-19-35)20-22-10-13-33(3)14-11-22/h4-7,12,15,21-22H,8-11,13-14,16-20H2,1-3H3. The second kappa shape index (κ2) is 12.0. The number of halogens is 1. The lowest BCUT2D eigenvalue weighted by Gasteiger charge is -2.38. The highest BCUT2D eigenvalue weighted by Crippen LogP contribution is 2.29. The number of benzene rings is 1. The van der Waals surface area contributed by atoms with Gasteiger partial charge in [-0.2, -0.15) is 4.98 Å². The quantitative estimate of drug-likeness (QED) is 0.413. The zero-order valence-electron chi connectivity index (χ0n) is 22.8. The molecule has 0 bridgehead atoms. The average molecular weight is 539 g/mol. The molecule has 0 unspecified atom stereocenters. The van der Waals surface area contributed by atoms with Crippen LogP contribution in [0.1, 0.15) is 50.6 Å². The van der Waals surface area contributed by atoms with Crippen LogP contribution in [0, 0.1) is 5.92 Å². The normalized spacial score (nSPS) is 18.0. The molecule has 0 saturated carbocycles. The first kappa shape index (κ1) is 26.9. The molecule has 2 saturated heterocycles. The molecule has 2 aliphatic rings. The molecule has 0 radical (unpaired) electrons. The maximum Gasteiger partial charge on any atom is 0.307 e. The average Bonchev–Trinajstić information content (AvgIpc) is 3.57. The molecule has 2 aliphatic heterocycles. The van der Waals surface area contributed by atoms with Crippen molar-refractivity contribution in [2.75, 3.05) is 52.9 Å². The third-order valence-corrected chi connectivity index (χ3v) is 8.09. The highest BCUT2D eigenvalue weighted by Gasteiger charge is 2.26. The van der Waals surface area contributed by atoms with E-state index >= 15 is 0 Å². The molecule has 1 amide bonds. The van der Waals surface area contributed by atoms with E-state index in [1.54, 1.807) is 6.20 Å². The van der Waals surface area contributed by atoms with Crippen molar-refractivity contribution in [2.24, 2.45) is 5.92 Å². The lowest BCUT2D eigenvalue weighted by atomic mass is 9.96. The van der Waals surface area contributed by atoms with Crippen LogP contribution in [0.25, 0.3) is 17.3 Å². The lowest BCUT2D eigenvalue weighted by molar-refractivity contribution is -0.133. The molecule has 0 N–H and O–H groups in total. The summed E-state index contributed by atoms with van der Waals surface area (Å²) in [6.45, 7) is 11.2. The minimum Gasteiger partial charge on any atom is -0.427 e. The van der Waals surface area contributed by atoms with Gasteiger partial charge in [0, 0.05) is 74.5 Å². The molecule has 0 aliphatic carbocycles. The van der Waals surface area contributed by atoms with Crippen molar-refractivity contribution in [1.82, 2.24) is 29.2 Å². The van der Waals surface area contributed by atoms with E-state index in [0.717, 1.165) is 55.7 Å². The number of likely N-dealkylation sites (tertiary alicyclic amines) is 1. The molecule has 4 heterocycles. The largest absolute Gasteiger partial charge is 0.427 e. The summed E-state index contributed by atoms with van der Waals surface area (Å²) in [7, 11) is 2.21. The van der Waals surface area contributed by atoms with E-state index in [1.165, 1.54) is 25.9 Å². The highest BCUT2D eigenvalue weighted by molar-refractivity contribution is 6.30. The molecule has 0 spiro atoms. The smallest absolute Gasteiger partial charge is 0.307 e. The number of amides is 1. The Bertz CT molecular complexity index is 1200. The predicted octanol–water partition coefficient (Wildman–Crippen LogP) is 4.72. The van der Waals surface area contributed by atoms with Crippen molar-refractivity contribution < 1.29 is 9.21 Å². The van der Waals surface area contributed by atoms with Gasteiger partial charge >= 0.3 is 6.01 Å². The Labute approximate surface area is 230 Å². The number of hydrogen-bond donors (Lipinski definition) is 0. The zero-order valence-corrected chi connectivity index (χ0v) is 23.5. The minimum atomic E-state index is 0.175. The number of carbonyl (C=O) groups is 1. The number of piperidine rings is 1. The fourth-order valence-electron chi connectivity index (χ4n) is 5.52. The third-order valence-electron chi connectivity index (χ3n) is 7.84. The molecule has 2 fully saturated rings. The summed E-state index contributed by atoms with van der Waals surface area (Å²) < 4.78 is 8.17. The summed E-state index contributed by atoms with van der Waals surface area (Å²) >= 11 is 6.13. The van der Waals surface area contributed by atoms with Gasteiger partial charge in [0.2, 0.25) is 5.91 Å². The highest BCUT2D eigenvalue weighted by atomic mass is 35.5. The van der Waals surface area contributed by atoms with Crippen LogP contribution < -0.4 is 0 Å². The summed E-state index contributed by atoms with van der Waals surface area (Å²) in [4.78, 5) is 29.5. The fourth-order valence-corrected chi connectivity index (χ4v) is 5.64. The number of aryl methyl sites for hydroxylation is 1. The van der Waals surface area contributed by atoms with E-state index in [2.05, 4.69) is 35.7 Å². The van der Waals surface area contributed by atoms with Gasteiger partial charge in [-0.3, -0.25) is 14.3 Å². The molecular formula is C29H39ClN6O2. The van der Waals surface area contributed by atoms with Crippen molar-refractivity contribution in [1.29, 1.82) is 0 Å². The van der Waals surface area contributed by atoms with Gasteiger partial charge in [0.1, 0.15) is 17.3 Å². The number of aromatic nitrogens is 3. The Morgan fingerprint density at radius 1 is 1.08 bits per heavy atom. The lowest BCUT2D eigenvalue weighted by Crippen LogP contribution is -2.50. The predicted molar refractivity (Wildman–Crippen MR) is 150 cm³/mol. The van der Waals surface area contributed by atoms with Crippen LogP contribution in [0.15, 0.2) is 41.1 Å². The van der Waals surface area contributed by atoms with Crippen LogP contribution in [0.3, 0.4) is 0 Å². The summed E-state index contributed by atoms with van der Waals surface area (Å²) in [5.41, 5.74) is 1.66. The van der Waals surface area contributed by atoms with Crippen LogP contribution in [0.2, 0.25) is 5.02 Å².